The number of amides is 1. The van der Waals surface area contributed by atoms with Crippen molar-refractivity contribution >= 4 is 38.5 Å². The van der Waals surface area contributed by atoms with Crippen molar-refractivity contribution in [1.82, 2.24) is 0 Å². The van der Waals surface area contributed by atoms with Gasteiger partial charge in [-0.25, -0.2) is 4.79 Å². The zero-order valence-electron chi connectivity index (χ0n) is 12.1. The Morgan fingerprint density at radius 3 is 2.50 bits per heavy atom. The van der Waals surface area contributed by atoms with E-state index in [0.29, 0.717) is 0 Å². The van der Waals surface area contributed by atoms with Gasteiger partial charge in [0.15, 0.2) is 0 Å². The molecule has 3 nitrogen and oxygen atoms in total. The van der Waals surface area contributed by atoms with E-state index in [1.54, 1.807) is 0 Å². The summed E-state index contributed by atoms with van der Waals surface area (Å²) in [5.41, 5.74) is 1.28. The third kappa shape index (κ3) is 3.51. The van der Waals surface area contributed by atoms with Crippen molar-refractivity contribution in [3.05, 3.63) is 40.4 Å². The van der Waals surface area contributed by atoms with Crippen molar-refractivity contribution in [1.29, 1.82) is 0 Å². The standard InChI is InChI=1S/C16H18BrNO2/c1-10-5-6-11-7-8-12(17)9-13(11)14(10)18-15(19)20-16(2,3)4/h5-9H,1-4H3,(H,18,19). The molecule has 0 aliphatic heterocycles. The van der Waals surface area contributed by atoms with Crippen LogP contribution in [0, 0.1) is 6.92 Å². The highest BCUT2D eigenvalue weighted by Gasteiger charge is 2.17. The Morgan fingerprint density at radius 1 is 1.20 bits per heavy atom. The molecule has 0 radical (unpaired) electrons. The Morgan fingerprint density at radius 2 is 1.85 bits per heavy atom. The number of fused-ring (bicyclic) bond motifs is 1. The van der Waals surface area contributed by atoms with E-state index in [1.807, 2.05) is 58.0 Å². The highest BCUT2D eigenvalue weighted by Crippen LogP contribution is 2.30. The van der Waals surface area contributed by atoms with Crippen LogP contribution in [0.3, 0.4) is 0 Å². The Labute approximate surface area is 127 Å². The first-order chi connectivity index (χ1) is 9.26. The molecule has 0 spiro atoms. The number of anilines is 1. The molecule has 0 aliphatic rings. The highest BCUT2D eigenvalue weighted by molar-refractivity contribution is 9.10. The minimum Gasteiger partial charge on any atom is -0.444 e. The molecule has 0 fully saturated rings. The normalized spacial score (nSPS) is 11.4. The first-order valence-electron chi connectivity index (χ1n) is 6.45. The van der Waals surface area contributed by atoms with Crippen molar-refractivity contribution in [2.24, 2.45) is 0 Å². The Bertz CT molecular complexity index is 654. The van der Waals surface area contributed by atoms with Crippen LogP contribution in [0.5, 0.6) is 0 Å². The van der Waals surface area contributed by atoms with E-state index in [-0.39, 0.29) is 0 Å². The summed E-state index contributed by atoms with van der Waals surface area (Å²) >= 11 is 3.46. The average molecular weight is 336 g/mol. The number of nitrogens with one attached hydrogen (secondary N) is 1. The fraction of sp³-hybridized carbons (Fsp3) is 0.312. The third-order valence-electron chi connectivity index (χ3n) is 2.82. The van der Waals surface area contributed by atoms with E-state index >= 15 is 0 Å². The lowest BCUT2D eigenvalue weighted by Gasteiger charge is -2.20. The van der Waals surface area contributed by atoms with Gasteiger partial charge in [-0.3, -0.25) is 5.32 Å². The van der Waals surface area contributed by atoms with E-state index in [9.17, 15) is 4.79 Å². The van der Waals surface area contributed by atoms with Gasteiger partial charge < -0.3 is 4.74 Å². The molecule has 0 aliphatic carbocycles. The topological polar surface area (TPSA) is 38.3 Å². The molecule has 1 amide bonds. The van der Waals surface area contributed by atoms with E-state index in [0.717, 1.165) is 26.5 Å². The number of hydrogen-bond acceptors (Lipinski definition) is 2. The number of aryl methyl sites for hydroxylation is 1. The third-order valence-corrected chi connectivity index (χ3v) is 3.31. The number of ether oxygens (including phenoxy) is 1. The molecule has 4 heteroatoms. The van der Waals surface area contributed by atoms with Crippen LogP contribution in [-0.2, 0) is 4.74 Å². The summed E-state index contributed by atoms with van der Waals surface area (Å²) < 4.78 is 6.29. The predicted molar refractivity (Wildman–Crippen MR) is 86.2 cm³/mol. The Balaban J connectivity index is 2.40. The van der Waals surface area contributed by atoms with Gasteiger partial charge in [-0.1, -0.05) is 34.1 Å². The second kappa shape index (κ2) is 5.44. The quantitative estimate of drug-likeness (QED) is 0.772. The second-order valence-corrected chi connectivity index (χ2v) is 6.67. The fourth-order valence-electron chi connectivity index (χ4n) is 1.97. The second-order valence-electron chi connectivity index (χ2n) is 5.75. The van der Waals surface area contributed by atoms with Gasteiger partial charge >= 0.3 is 6.09 Å². The number of benzene rings is 2. The van der Waals surface area contributed by atoms with E-state index < -0.39 is 11.7 Å². The summed E-state index contributed by atoms with van der Waals surface area (Å²) in [5, 5.41) is 4.92. The van der Waals surface area contributed by atoms with Gasteiger partial charge in [-0.05, 0) is 50.8 Å². The number of hydrogen-bond donors (Lipinski definition) is 1. The van der Waals surface area contributed by atoms with E-state index in [1.165, 1.54) is 0 Å². The molecule has 0 heterocycles. The molecule has 0 unspecified atom stereocenters. The molecular weight excluding hydrogens is 318 g/mol. The maximum absolute atomic E-state index is 12.0. The molecule has 2 rings (SSSR count). The van der Waals surface area contributed by atoms with Crippen molar-refractivity contribution in [3.63, 3.8) is 0 Å². The fourth-order valence-corrected chi connectivity index (χ4v) is 2.33. The Hall–Kier alpha value is -1.55. The number of carbonyl (C=O) groups excluding carboxylic acids is 1. The summed E-state index contributed by atoms with van der Waals surface area (Å²) in [5.74, 6) is 0. The number of halogens is 1. The molecule has 0 atom stereocenters. The first kappa shape index (κ1) is 14.9. The average Bonchev–Trinajstić information content (AvgIpc) is 2.31. The van der Waals surface area contributed by atoms with Crippen LogP contribution in [0.2, 0.25) is 0 Å². The SMILES string of the molecule is Cc1ccc2ccc(Br)cc2c1NC(=O)OC(C)(C)C. The van der Waals surface area contributed by atoms with Crippen molar-refractivity contribution in [2.75, 3.05) is 5.32 Å². The van der Waals surface area contributed by atoms with Crippen LogP contribution < -0.4 is 5.32 Å². The molecule has 0 bridgehead atoms. The molecule has 0 saturated heterocycles. The monoisotopic (exact) mass is 335 g/mol. The largest absolute Gasteiger partial charge is 0.444 e. The van der Waals surface area contributed by atoms with Crippen LogP contribution in [0.1, 0.15) is 26.3 Å². The minimum atomic E-state index is -0.511. The van der Waals surface area contributed by atoms with Gasteiger partial charge in [-0.2, -0.15) is 0 Å². The smallest absolute Gasteiger partial charge is 0.412 e. The van der Waals surface area contributed by atoms with Gasteiger partial charge in [0.25, 0.3) is 0 Å². The summed E-state index contributed by atoms with van der Waals surface area (Å²) in [4.78, 5) is 12.0. The molecule has 106 valence electrons. The summed E-state index contributed by atoms with van der Waals surface area (Å²) in [6.07, 6.45) is -0.437. The molecule has 0 saturated carbocycles. The van der Waals surface area contributed by atoms with Gasteiger partial charge in [0.1, 0.15) is 5.60 Å². The number of carbonyl (C=O) groups is 1. The van der Waals surface area contributed by atoms with Gasteiger partial charge in [0.2, 0.25) is 0 Å². The van der Waals surface area contributed by atoms with Crippen LogP contribution >= 0.6 is 15.9 Å². The molecule has 2 aromatic carbocycles. The van der Waals surface area contributed by atoms with E-state index in [4.69, 9.17) is 4.74 Å². The first-order valence-corrected chi connectivity index (χ1v) is 7.24. The van der Waals surface area contributed by atoms with Crippen LogP contribution in [0.25, 0.3) is 10.8 Å². The Kier molecular flexibility index (Phi) is 4.04. The van der Waals surface area contributed by atoms with Crippen molar-refractivity contribution in [2.45, 2.75) is 33.3 Å². The van der Waals surface area contributed by atoms with Gasteiger partial charge in [-0.15, -0.1) is 0 Å². The molecule has 20 heavy (non-hydrogen) atoms. The van der Waals surface area contributed by atoms with Crippen molar-refractivity contribution < 1.29 is 9.53 Å². The maximum Gasteiger partial charge on any atom is 0.412 e. The zero-order valence-corrected chi connectivity index (χ0v) is 13.7. The van der Waals surface area contributed by atoms with Crippen LogP contribution in [-0.4, -0.2) is 11.7 Å². The molecule has 2 aromatic rings. The summed E-state index contributed by atoms with van der Waals surface area (Å²) in [7, 11) is 0. The van der Waals surface area contributed by atoms with Crippen LogP contribution in [0.4, 0.5) is 10.5 Å². The van der Waals surface area contributed by atoms with Gasteiger partial charge in [0.05, 0.1) is 5.69 Å². The van der Waals surface area contributed by atoms with E-state index in [2.05, 4.69) is 21.2 Å². The number of rotatable bonds is 1. The maximum atomic E-state index is 12.0. The minimum absolute atomic E-state index is 0.437. The van der Waals surface area contributed by atoms with Crippen LogP contribution in [0.15, 0.2) is 34.8 Å². The lowest BCUT2D eigenvalue weighted by molar-refractivity contribution is 0.0636. The molecular formula is C16H18BrNO2. The van der Waals surface area contributed by atoms with Crippen molar-refractivity contribution in [3.8, 4) is 0 Å². The summed E-state index contributed by atoms with van der Waals surface area (Å²) in [6, 6.07) is 10.0. The highest BCUT2D eigenvalue weighted by atomic mass is 79.9. The zero-order chi connectivity index (χ0) is 14.9. The molecule has 0 aromatic heterocycles. The lowest BCUT2D eigenvalue weighted by atomic mass is 10.0. The molecule has 1 N–H and O–H groups in total. The summed E-state index contributed by atoms with van der Waals surface area (Å²) in [6.45, 7) is 7.50. The predicted octanol–water partition coefficient (Wildman–Crippen LogP) is 5.26. The lowest BCUT2D eigenvalue weighted by Crippen LogP contribution is -2.27. The van der Waals surface area contributed by atoms with Gasteiger partial charge in [0, 0.05) is 9.86 Å².